The number of carbonyl (C=O) groups excluding carboxylic acids is 1. The van der Waals surface area contributed by atoms with E-state index in [-0.39, 0.29) is 23.9 Å². The summed E-state index contributed by atoms with van der Waals surface area (Å²) in [5.41, 5.74) is 1.24. The first-order valence-corrected chi connectivity index (χ1v) is 10.1. The molecule has 6 rings (SSSR count). The monoisotopic (exact) mass is 386 g/mol. The predicted octanol–water partition coefficient (Wildman–Crippen LogP) is 2.88. The summed E-state index contributed by atoms with van der Waals surface area (Å²) in [5, 5.41) is 4.24. The van der Waals surface area contributed by atoms with E-state index >= 15 is 0 Å². The Morgan fingerprint density at radius 3 is 2.54 bits per heavy atom. The first-order chi connectivity index (χ1) is 13.6. The molecule has 0 aliphatic carbocycles. The number of aromatic nitrogens is 2. The van der Waals surface area contributed by atoms with Crippen molar-refractivity contribution in [1.29, 1.82) is 0 Å². The van der Waals surface area contributed by atoms with Gasteiger partial charge in [-0.2, -0.15) is 5.10 Å². The smallest absolute Gasteiger partial charge is 0.272 e. The summed E-state index contributed by atoms with van der Waals surface area (Å²) >= 11 is 0. The molecule has 1 aromatic heterocycles. The predicted molar refractivity (Wildman–Crippen MR) is 99.9 cm³/mol. The fourth-order valence-corrected chi connectivity index (χ4v) is 5.65. The summed E-state index contributed by atoms with van der Waals surface area (Å²) in [4.78, 5) is 17.8. The van der Waals surface area contributed by atoms with Gasteiger partial charge < -0.3 is 4.90 Å². The molecule has 1 aromatic carbocycles. The van der Waals surface area contributed by atoms with Crippen molar-refractivity contribution in [3.05, 3.63) is 53.4 Å². The molecule has 148 valence electrons. The van der Waals surface area contributed by atoms with Gasteiger partial charge >= 0.3 is 0 Å². The molecule has 0 N–H and O–H groups in total. The van der Waals surface area contributed by atoms with Crippen LogP contribution in [-0.2, 0) is 6.54 Å². The van der Waals surface area contributed by atoms with E-state index in [0.29, 0.717) is 30.3 Å². The molecule has 2 bridgehead atoms. The minimum atomic E-state index is -0.559. The number of rotatable bonds is 3. The normalized spacial score (nSPS) is 31.2. The summed E-state index contributed by atoms with van der Waals surface area (Å²) < 4.78 is 29.6. The molecule has 7 heteroatoms. The van der Waals surface area contributed by atoms with Crippen molar-refractivity contribution in [1.82, 2.24) is 19.6 Å². The molecule has 0 radical (unpaired) electrons. The first-order valence-electron chi connectivity index (χ1n) is 10.1. The van der Waals surface area contributed by atoms with E-state index < -0.39 is 11.6 Å². The van der Waals surface area contributed by atoms with Gasteiger partial charge in [0, 0.05) is 37.3 Å². The number of hydrogen-bond donors (Lipinski definition) is 0. The minimum Gasteiger partial charge on any atom is -0.332 e. The zero-order valence-electron chi connectivity index (χ0n) is 15.9. The van der Waals surface area contributed by atoms with Gasteiger partial charge in [-0.15, -0.1) is 0 Å². The van der Waals surface area contributed by atoms with E-state index in [4.69, 9.17) is 0 Å². The van der Waals surface area contributed by atoms with Gasteiger partial charge in [-0.3, -0.25) is 14.4 Å². The SMILES string of the molecule is CCn1nccc1C(=O)N1C[C@H](c2cc(F)cc(F)c2)[C@@H]2[C@H]1C1CCN2CC1. The van der Waals surface area contributed by atoms with E-state index in [9.17, 15) is 13.6 Å². The summed E-state index contributed by atoms with van der Waals surface area (Å²) in [6.07, 6.45) is 3.80. The fourth-order valence-electron chi connectivity index (χ4n) is 5.65. The Bertz CT molecular complexity index is 885. The van der Waals surface area contributed by atoms with Crippen molar-refractivity contribution in [3.63, 3.8) is 0 Å². The standard InChI is InChI=1S/C21H24F2N4O/c1-2-27-18(3-6-24-27)21(28)26-12-17(14-9-15(22)11-16(23)10-14)20-19(26)13-4-7-25(20)8-5-13/h3,6,9-11,13,17,19-20H,2,4-5,7-8,12H2,1H3/t17-,19-,20-/m1/s1. The number of halogens is 2. The van der Waals surface area contributed by atoms with Crippen LogP contribution >= 0.6 is 0 Å². The minimum absolute atomic E-state index is 0.0255. The Balaban J connectivity index is 1.55. The molecule has 0 spiro atoms. The zero-order chi connectivity index (χ0) is 19.4. The number of fused-ring (bicyclic) bond motifs is 2. The van der Waals surface area contributed by atoms with Crippen LogP contribution < -0.4 is 0 Å². The lowest BCUT2D eigenvalue weighted by atomic mass is 9.75. The average Bonchev–Trinajstić information content (AvgIpc) is 3.33. The van der Waals surface area contributed by atoms with Crippen molar-refractivity contribution >= 4 is 5.91 Å². The Kier molecular flexibility index (Phi) is 4.23. The second-order valence-corrected chi connectivity index (χ2v) is 8.15. The van der Waals surface area contributed by atoms with Crippen LogP contribution in [0.15, 0.2) is 30.5 Å². The molecule has 2 aromatic rings. The summed E-state index contributed by atoms with van der Waals surface area (Å²) in [6.45, 7) is 5.07. The van der Waals surface area contributed by atoms with Crippen LogP contribution in [0.25, 0.3) is 0 Å². The van der Waals surface area contributed by atoms with E-state index in [1.165, 1.54) is 12.1 Å². The zero-order valence-corrected chi connectivity index (χ0v) is 15.9. The highest BCUT2D eigenvalue weighted by atomic mass is 19.1. The van der Waals surface area contributed by atoms with Gasteiger partial charge in [-0.05, 0) is 62.5 Å². The summed E-state index contributed by atoms with van der Waals surface area (Å²) in [6, 6.07) is 5.74. The van der Waals surface area contributed by atoms with Crippen LogP contribution in [0.1, 0.15) is 41.7 Å². The van der Waals surface area contributed by atoms with Crippen molar-refractivity contribution < 1.29 is 13.6 Å². The second-order valence-electron chi connectivity index (χ2n) is 8.15. The van der Waals surface area contributed by atoms with Gasteiger partial charge in [0.05, 0.1) is 6.04 Å². The highest BCUT2D eigenvalue weighted by Gasteiger charge is 2.55. The van der Waals surface area contributed by atoms with E-state index in [2.05, 4.69) is 10.00 Å². The van der Waals surface area contributed by atoms with E-state index in [1.54, 1.807) is 16.9 Å². The lowest BCUT2D eigenvalue weighted by molar-refractivity contribution is -0.00378. The number of piperidine rings is 3. The Labute approximate surface area is 162 Å². The Morgan fingerprint density at radius 1 is 1.14 bits per heavy atom. The number of likely N-dealkylation sites (tertiary alicyclic amines) is 1. The third-order valence-corrected chi connectivity index (χ3v) is 6.80. The molecule has 4 aliphatic rings. The molecule has 5 nitrogen and oxygen atoms in total. The molecular formula is C21H24F2N4O. The molecule has 5 heterocycles. The van der Waals surface area contributed by atoms with Gasteiger partial charge in [0.15, 0.2) is 0 Å². The molecule has 4 aliphatic heterocycles. The molecule has 4 saturated heterocycles. The maximum Gasteiger partial charge on any atom is 0.272 e. The maximum absolute atomic E-state index is 13.9. The molecule has 3 atom stereocenters. The average molecular weight is 386 g/mol. The van der Waals surface area contributed by atoms with Gasteiger partial charge in [-0.1, -0.05) is 0 Å². The maximum atomic E-state index is 13.9. The van der Waals surface area contributed by atoms with Crippen LogP contribution in [0.2, 0.25) is 0 Å². The third-order valence-electron chi connectivity index (χ3n) is 6.80. The van der Waals surface area contributed by atoms with E-state index in [0.717, 1.165) is 32.0 Å². The van der Waals surface area contributed by atoms with Gasteiger partial charge in [0.2, 0.25) is 0 Å². The largest absolute Gasteiger partial charge is 0.332 e. The van der Waals surface area contributed by atoms with E-state index in [1.807, 2.05) is 11.8 Å². The van der Waals surface area contributed by atoms with Crippen LogP contribution in [0.5, 0.6) is 0 Å². The number of benzene rings is 1. The van der Waals surface area contributed by atoms with Crippen LogP contribution in [-0.4, -0.2) is 57.2 Å². The fraction of sp³-hybridized carbons (Fsp3) is 0.524. The summed E-state index contributed by atoms with van der Waals surface area (Å²) in [7, 11) is 0. The number of amides is 1. The topological polar surface area (TPSA) is 41.4 Å². The highest BCUT2D eigenvalue weighted by molar-refractivity contribution is 5.93. The van der Waals surface area contributed by atoms with Crippen molar-refractivity contribution in [2.45, 2.75) is 44.3 Å². The number of nitrogens with zero attached hydrogens (tertiary/aromatic N) is 4. The third kappa shape index (κ3) is 2.67. The molecule has 28 heavy (non-hydrogen) atoms. The summed E-state index contributed by atoms with van der Waals surface area (Å²) in [5.74, 6) is -0.782. The lowest BCUT2D eigenvalue weighted by Gasteiger charge is -2.51. The Hall–Kier alpha value is -2.28. The van der Waals surface area contributed by atoms with Gasteiger partial charge in [0.25, 0.3) is 5.91 Å². The number of hydrogen-bond acceptors (Lipinski definition) is 3. The van der Waals surface area contributed by atoms with Gasteiger partial charge in [0.1, 0.15) is 17.3 Å². The molecule has 0 unspecified atom stereocenters. The van der Waals surface area contributed by atoms with Crippen LogP contribution in [0.4, 0.5) is 8.78 Å². The number of aryl methyl sites for hydroxylation is 1. The first kappa shape index (κ1) is 17.8. The van der Waals surface area contributed by atoms with Crippen molar-refractivity contribution in [2.75, 3.05) is 19.6 Å². The highest BCUT2D eigenvalue weighted by Crippen LogP contribution is 2.47. The number of carbonyl (C=O) groups is 1. The van der Waals surface area contributed by atoms with Crippen molar-refractivity contribution in [3.8, 4) is 0 Å². The van der Waals surface area contributed by atoms with Crippen molar-refractivity contribution in [2.24, 2.45) is 5.92 Å². The quantitative estimate of drug-likeness (QED) is 0.815. The lowest BCUT2D eigenvalue weighted by Crippen LogP contribution is -2.60. The molecule has 1 amide bonds. The van der Waals surface area contributed by atoms with Crippen LogP contribution in [0.3, 0.4) is 0 Å². The molecule has 0 saturated carbocycles. The molecular weight excluding hydrogens is 362 g/mol. The second kappa shape index (κ2) is 6.65. The van der Waals surface area contributed by atoms with Crippen LogP contribution in [0, 0.1) is 17.6 Å². The Morgan fingerprint density at radius 2 is 1.86 bits per heavy atom. The van der Waals surface area contributed by atoms with Gasteiger partial charge in [-0.25, -0.2) is 8.78 Å². The molecule has 4 fully saturated rings.